The number of para-hydroxylation sites is 1. The van der Waals surface area contributed by atoms with Crippen LogP contribution in [0, 0.1) is 0 Å². The molecule has 0 spiro atoms. The zero-order valence-corrected chi connectivity index (χ0v) is 16.5. The van der Waals surface area contributed by atoms with E-state index >= 15 is 0 Å². The highest BCUT2D eigenvalue weighted by Gasteiger charge is 2.35. The van der Waals surface area contributed by atoms with Crippen molar-refractivity contribution in [3.63, 3.8) is 0 Å². The van der Waals surface area contributed by atoms with Gasteiger partial charge in [0.15, 0.2) is 0 Å². The van der Waals surface area contributed by atoms with Crippen molar-refractivity contribution >= 4 is 11.0 Å². The van der Waals surface area contributed by atoms with Crippen molar-refractivity contribution in [2.45, 2.75) is 11.1 Å². The molecular formula is C21H14F3N3O3S. The summed E-state index contributed by atoms with van der Waals surface area (Å²) in [4.78, 5) is 4.58. The summed E-state index contributed by atoms with van der Waals surface area (Å²) < 4.78 is 62.8. The lowest BCUT2D eigenvalue weighted by Gasteiger charge is -2.14. The average Bonchev–Trinajstić information content (AvgIpc) is 3.24. The fraction of sp³-hybridized carbons (Fsp3) is 0.0476. The highest BCUT2D eigenvalue weighted by molar-refractivity contribution is 7.82. The van der Waals surface area contributed by atoms with Gasteiger partial charge in [0.2, 0.25) is 5.82 Å². The molecule has 1 unspecified atom stereocenters. The number of nitrogens with two attached hydrogens (primary N) is 1. The van der Waals surface area contributed by atoms with Crippen LogP contribution in [0.1, 0.15) is 5.56 Å². The summed E-state index contributed by atoms with van der Waals surface area (Å²) in [5.41, 5.74) is -0.348. The molecule has 0 bridgehead atoms. The lowest BCUT2D eigenvalue weighted by atomic mass is 10.1. The van der Waals surface area contributed by atoms with Gasteiger partial charge in [0.05, 0.1) is 10.5 Å². The van der Waals surface area contributed by atoms with Gasteiger partial charge in [0, 0.05) is 11.1 Å². The van der Waals surface area contributed by atoms with Gasteiger partial charge in [-0.25, -0.2) is 9.35 Å². The highest BCUT2D eigenvalue weighted by Crippen LogP contribution is 2.40. The summed E-state index contributed by atoms with van der Waals surface area (Å²) in [5.74, 6) is 0.0241. The second-order valence-corrected chi connectivity index (χ2v) is 7.43. The Kier molecular flexibility index (Phi) is 5.57. The minimum absolute atomic E-state index is 0.0850. The van der Waals surface area contributed by atoms with E-state index in [0.29, 0.717) is 10.5 Å². The summed E-state index contributed by atoms with van der Waals surface area (Å²) in [6, 6.07) is 18.0. The Morgan fingerprint density at radius 2 is 1.61 bits per heavy atom. The topological polar surface area (TPSA) is 91.2 Å². The molecule has 6 nitrogen and oxygen atoms in total. The van der Waals surface area contributed by atoms with Gasteiger partial charge in [-0.15, -0.1) is 0 Å². The minimum atomic E-state index is -4.66. The van der Waals surface area contributed by atoms with Crippen molar-refractivity contribution in [1.82, 2.24) is 10.1 Å². The predicted molar refractivity (Wildman–Crippen MR) is 107 cm³/mol. The maximum absolute atomic E-state index is 13.6. The molecule has 0 aliphatic carbocycles. The van der Waals surface area contributed by atoms with Gasteiger partial charge >= 0.3 is 6.18 Å². The molecule has 2 N–H and O–H groups in total. The zero-order valence-electron chi connectivity index (χ0n) is 15.7. The highest BCUT2D eigenvalue weighted by atomic mass is 32.2. The van der Waals surface area contributed by atoms with E-state index in [4.69, 9.17) is 14.4 Å². The van der Waals surface area contributed by atoms with Crippen molar-refractivity contribution in [2.75, 3.05) is 0 Å². The van der Waals surface area contributed by atoms with Crippen molar-refractivity contribution in [2.24, 2.45) is 5.14 Å². The summed E-state index contributed by atoms with van der Waals surface area (Å²) in [6.07, 6.45) is -4.66. The van der Waals surface area contributed by atoms with Crippen LogP contribution < -0.4 is 9.88 Å². The maximum Gasteiger partial charge on any atom is 0.420 e. The Labute approximate surface area is 177 Å². The first-order chi connectivity index (χ1) is 14.8. The van der Waals surface area contributed by atoms with Crippen molar-refractivity contribution in [3.05, 3.63) is 78.4 Å². The van der Waals surface area contributed by atoms with Crippen LogP contribution in [0.5, 0.6) is 11.5 Å². The van der Waals surface area contributed by atoms with Crippen molar-refractivity contribution in [1.29, 1.82) is 0 Å². The first kappa shape index (κ1) is 20.8. The summed E-state index contributed by atoms with van der Waals surface area (Å²) in [5, 5.41) is 9.13. The number of hydrogen-bond acceptors (Lipinski definition) is 5. The van der Waals surface area contributed by atoms with Crippen molar-refractivity contribution < 1.29 is 26.6 Å². The van der Waals surface area contributed by atoms with E-state index in [2.05, 4.69) is 10.1 Å². The van der Waals surface area contributed by atoms with E-state index in [1.807, 2.05) is 0 Å². The number of ether oxygens (including phenoxy) is 1. The molecule has 0 saturated heterocycles. The number of aromatic nitrogens is 2. The Balaban J connectivity index is 1.66. The van der Waals surface area contributed by atoms with Crippen molar-refractivity contribution in [3.8, 4) is 34.3 Å². The van der Waals surface area contributed by atoms with Crippen LogP contribution in [0.4, 0.5) is 13.2 Å². The molecule has 1 heterocycles. The number of rotatable bonds is 5. The van der Waals surface area contributed by atoms with Gasteiger partial charge in [-0.05, 0) is 54.6 Å². The maximum atomic E-state index is 13.6. The second-order valence-electron chi connectivity index (χ2n) is 6.37. The lowest BCUT2D eigenvalue weighted by Crippen LogP contribution is -2.07. The molecule has 158 valence electrons. The Morgan fingerprint density at radius 1 is 0.935 bits per heavy atom. The van der Waals surface area contributed by atoms with E-state index in [-0.39, 0.29) is 28.8 Å². The van der Waals surface area contributed by atoms with Crippen LogP contribution in [0.2, 0.25) is 0 Å². The minimum Gasteiger partial charge on any atom is -0.457 e. The quantitative estimate of drug-likeness (QED) is 0.456. The molecular weight excluding hydrogens is 431 g/mol. The third-order valence-electron chi connectivity index (χ3n) is 4.27. The third-order valence-corrected chi connectivity index (χ3v) is 5.01. The normalized spacial score (nSPS) is 12.5. The number of benzene rings is 3. The second kappa shape index (κ2) is 8.32. The smallest absolute Gasteiger partial charge is 0.420 e. The van der Waals surface area contributed by atoms with Gasteiger partial charge in [-0.1, -0.05) is 23.4 Å². The summed E-state index contributed by atoms with van der Waals surface area (Å²) in [6.45, 7) is 0. The van der Waals surface area contributed by atoms with Crippen LogP contribution in [0.15, 0.2) is 82.2 Å². The molecule has 1 aromatic heterocycles. The molecule has 0 fully saturated rings. The van der Waals surface area contributed by atoms with Crippen LogP contribution in [0.3, 0.4) is 0 Å². The Morgan fingerprint density at radius 3 is 2.26 bits per heavy atom. The molecule has 3 aromatic carbocycles. The summed E-state index contributed by atoms with van der Waals surface area (Å²) >= 11 is 0. The molecule has 0 amide bonds. The SMILES string of the molecule is NS(=O)c1ccc(-c2noc(-c3ccc(Oc4ccccc4)c(C(F)(F)F)c3)n2)cc1. The van der Waals surface area contributed by atoms with Gasteiger partial charge in [-0.3, -0.25) is 0 Å². The molecule has 0 saturated carbocycles. The fourth-order valence-electron chi connectivity index (χ4n) is 2.79. The van der Waals surface area contributed by atoms with Gasteiger partial charge < -0.3 is 9.26 Å². The molecule has 0 aliphatic heterocycles. The van der Waals surface area contributed by atoms with Crippen LogP contribution in [0.25, 0.3) is 22.8 Å². The largest absolute Gasteiger partial charge is 0.457 e. The molecule has 10 heteroatoms. The van der Waals surface area contributed by atoms with Crippen LogP contribution in [-0.4, -0.2) is 14.3 Å². The molecule has 0 radical (unpaired) electrons. The first-order valence-corrected chi connectivity index (χ1v) is 10.1. The van der Waals surface area contributed by atoms with E-state index in [9.17, 15) is 17.4 Å². The van der Waals surface area contributed by atoms with Gasteiger partial charge in [0.1, 0.15) is 22.5 Å². The number of halogens is 3. The molecule has 31 heavy (non-hydrogen) atoms. The molecule has 4 rings (SSSR count). The predicted octanol–water partition coefficient (Wildman–Crippen LogP) is 5.20. The number of hydrogen-bond donors (Lipinski definition) is 1. The van der Waals surface area contributed by atoms with E-state index in [1.54, 1.807) is 54.6 Å². The fourth-order valence-corrected chi connectivity index (χ4v) is 3.19. The average molecular weight is 445 g/mol. The van der Waals surface area contributed by atoms with E-state index in [1.165, 1.54) is 12.1 Å². The molecule has 0 aliphatic rings. The van der Waals surface area contributed by atoms with Crippen LogP contribution >= 0.6 is 0 Å². The summed E-state index contributed by atoms with van der Waals surface area (Å²) in [7, 11) is -1.63. The monoisotopic (exact) mass is 445 g/mol. The van der Waals surface area contributed by atoms with E-state index in [0.717, 1.165) is 6.07 Å². The third kappa shape index (κ3) is 4.65. The van der Waals surface area contributed by atoms with Crippen LogP contribution in [-0.2, 0) is 17.2 Å². The zero-order chi connectivity index (χ0) is 22.0. The number of nitrogens with zero attached hydrogens (tertiary/aromatic N) is 2. The Bertz CT molecular complexity index is 1230. The molecule has 4 aromatic rings. The van der Waals surface area contributed by atoms with Gasteiger partial charge in [-0.2, -0.15) is 18.2 Å². The molecule has 1 atom stereocenters. The lowest BCUT2D eigenvalue weighted by molar-refractivity contribution is -0.138. The Hall–Kier alpha value is -3.50. The first-order valence-electron chi connectivity index (χ1n) is 8.86. The van der Waals surface area contributed by atoms with E-state index < -0.39 is 22.7 Å². The van der Waals surface area contributed by atoms with Gasteiger partial charge in [0.25, 0.3) is 5.89 Å². The standard InChI is InChI=1S/C21H14F3N3O3S/c22-21(23,24)17-12-14(8-11-18(17)29-15-4-2-1-3-5-15)20-26-19(27-30-20)13-6-9-16(10-7-13)31(25)28/h1-12H,25H2. The number of alkyl halides is 3.